The van der Waals surface area contributed by atoms with E-state index in [1.165, 1.54) is 33.6 Å². The van der Waals surface area contributed by atoms with E-state index in [2.05, 4.69) is 15.6 Å². The molecule has 2 unspecified atom stereocenters. The molecule has 1 aromatic heterocycles. The van der Waals surface area contributed by atoms with Crippen LogP contribution in [-0.4, -0.2) is 84.6 Å². The normalized spacial score (nSPS) is 17.9. The van der Waals surface area contributed by atoms with Gasteiger partial charge in [-0.25, -0.2) is 13.7 Å². The van der Waals surface area contributed by atoms with Crippen molar-refractivity contribution in [3.05, 3.63) is 70.7 Å². The third-order valence-electron chi connectivity index (χ3n) is 12.2. The molecule has 0 spiro atoms. The summed E-state index contributed by atoms with van der Waals surface area (Å²) in [5.74, 6) is -4.46. The Morgan fingerprint density at radius 2 is 1.53 bits per heavy atom. The van der Waals surface area contributed by atoms with Crippen molar-refractivity contribution in [3.63, 3.8) is 0 Å². The highest BCUT2D eigenvalue weighted by Crippen LogP contribution is 2.50. The van der Waals surface area contributed by atoms with Gasteiger partial charge in [0.1, 0.15) is 17.1 Å². The fourth-order valence-corrected chi connectivity index (χ4v) is 9.58. The lowest BCUT2D eigenvalue weighted by Crippen LogP contribution is -2.60. The second-order valence-corrected chi connectivity index (χ2v) is 19.5. The van der Waals surface area contributed by atoms with Crippen molar-refractivity contribution in [1.82, 2.24) is 25.0 Å². The highest BCUT2D eigenvalue weighted by Gasteiger charge is 2.47. The van der Waals surface area contributed by atoms with Gasteiger partial charge in [0, 0.05) is 55.1 Å². The lowest BCUT2D eigenvalue weighted by Gasteiger charge is -2.39. The van der Waals surface area contributed by atoms with Crippen molar-refractivity contribution in [2.45, 2.75) is 104 Å². The number of para-hydroxylation sites is 1. The van der Waals surface area contributed by atoms with E-state index in [1.54, 1.807) is 40.3 Å². The maximum atomic E-state index is 14.9. The molecule has 0 radical (unpaired) electrons. The van der Waals surface area contributed by atoms with E-state index in [1.807, 2.05) is 27.7 Å². The molecule has 0 fully saturated rings. The molecule has 1 heterocycles. The second-order valence-electron chi connectivity index (χ2n) is 16.7. The number of aromatic amines is 1. The third kappa shape index (κ3) is 11.5. The number of hydrogen-bond acceptors (Lipinski definition) is 6. The fraction of sp³-hybridized carbons (Fsp3) is 0.591. The number of nitrogens with one attached hydrogen (secondary N) is 3. The van der Waals surface area contributed by atoms with Gasteiger partial charge in [0.2, 0.25) is 11.8 Å². The van der Waals surface area contributed by atoms with E-state index in [9.17, 15) is 41.3 Å². The van der Waals surface area contributed by atoms with Gasteiger partial charge in [-0.15, -0.1) is 0 Å². The Morgan fingerprint density at radius 1 is 0.900 bits per heavy atom. The number of aromatic nitrogens is 1. The minimum Gasteiger partial charge on any atom is -0.358 e. The number of alkyl halides is 3. The van der Waals surface area contributed by atoms with Crippen molar-refractivity contribution in [2.75, 3.05) is 41.3 Å². The van der Waals surface area contributed by atoms with Crippen LogP contribution in [0, 0.1) is 29.5 Å². The molecule has 60 heavy (non-hydrogen) atoms. The Balaban J connectivity index is 1.62. The highest BCUT2D eigenvalue weighted by atomic mass is 31.2. The lowest BCUT2D eigenvalue weighted by atomic mass is 9.72. The number of aryl methyl sites for hydroxylation is 1. The predicted molar refractivity (Wildman–Crippen MR) is 225 cm³/mol. The van der Waals surface area contributed by atoms with E-state index in [4.69, 9.17) is 4.52 Å². The molecule has 0 saturated heterocycles. The standard InChI is InChI=1S/C44H62F4N5O6P/c1-9-28(3)33(25-31(54)24-30-16-11-12-19-37(30)45)42(57)51-43(21-20-38-35(27-43)32-17-15-18-36(40(32)50-38)44(46,47)48)39(55)26-34(29(4)10-2)41(56)49-22-13-14-23-59-60(58,52(5)6)53(7)8/h11-12,15-19,28-29,33-34,50H,9-10,13-14,20-27H2,1-8H3,(H,49,56)(H,51,57)/t28?,29?,33-,34-,43+/m0/s1. The van der Waals surface area contributed by atoms with Crippen LogP contribution < -0.4 is 10.6 Å². The van der Waals surface area contributed by atoms with Gasteiger partial charge < -0.3 is 20.1 Å². The fourth-order valence-electron chi connectivity index (χ4n) is 8.03. The van der Waals surface area contributed by atoms with Crippen molar-refractivity contribution < 1.29 is 45.8 Å². The Bertz CT molecular complexity index is 2020. The number of ketones is 2. The lowest BCUT2D eigenvalue weighted by molar-refractivity contribution is -0.139. The van der Waals surface area contributed by atoms with Gasteiger partial charge in [0.15, 0.2) is 5.78 Å². The van der Waals surface area contributed by atoms with Crippen LogP contribution in [0.1, 0.15) is 95.0 Å². The highest BCUT2D eigenvalue weighted by molar-refractivity contribution is 7.53. The number of carbonyl (C=O) groups excluding carboxylic acids is 4. The Labute approximate surface area is 351 Å². The SMILES string of the molecule is CCC(C)[C@H](CC(=O)[C@@]1(NC(=O)[C@@H](CC(=O)Cc2ccccc2F)C(C)CC)CCc2[nH]c3c(C(F)(F)F)cccc3c2C1)C(=O)NCCCCOP(=O)(N(C)C)N(C)C. The number of amides is 2. The van der Waals surface area contributed by atoms with Crippen LogP contribution >= 0.6 is 7.67 Å². The monoisotopic (exact) mass is 863 g/mol. The topological polar surface area (TPSA) is 141 Å². The molecule has 0 aliphatic heterocycles. The summed E-state index contributed by atoms with van der Waals surface area (Å²) in [5, 5.41) is 6.27. The predicted octanol–water partition coefficient (Wildman–Crippen LogP) is 8.30. The molecule has 1 aliphatic rings. The Morgan fingerprint density at radius 3 is 2.13 bits per heavy atom. The Kier molecular flexibility index (Phi) is 16.9. The van der Waals surface area contributed by atoms with Crippen LogP contribution in [0.15, 0.2) is 42.5 Å². The van der Waals surface area contributed by atoms with Crippen molar-refractivity contribution in [3.8, 4) is 0 Å². The number of halogens is 4. The van der Waals surface area contributed by atoms with Crippen LogP contribution in [0.3, 0.4) is 0 Å². The summed E-state index contributed by atoms with van der Waals surface area (Å²) in [6.45, 7) is 7.95. The molecular weight excluding hydrogens is 801 g/mol. The van der Waals surface area contributed by atoms with E-state index in [0.29, 0.717) is 36.9 Å². The molecular formula is C44H62F4N5O6P. The quantitative estimate of drug-likeness (QED) is 0.0521. The molecule has 2 amide bonds. The molecule has 3 N–H and O–H groups in total. The number of nitrogens with zero attached hydrogens (tertiary/aromatic N) is 2. The number of H-pyrrole nitrogens is 1. The second kappa shape index (κ2) is 20.8. The van der Waals surface area contributed by atoms with Gasteiger partial charge in [-0.3, -0.25) is 23.7 Å². The summed E-state index contributed by atoms with van der Waals surface area (Å²) in [6.07, 6.45) is -3.13. The van der Waals surface area contributed by atoms with E-state index in [-0.39, 0.29) is 91.7 Å². The number of carbonyl (C=O) groups is 4. The van der Waals surface area contributed by atoms with Gasteiger partial charge in [-0.2, -0.15) is 13.2 Å². The van der Waals surface area contributed by atoms with Crippen molar-refractivity contribution >= 4 is 42.0 Å². The minimum absolute atomic E-state index is 0.0493. The maximum Gasteiger partial charge on any atom is 0.418 e. The number of fused-ring (bicyclic) bond motifs is 3. The largest absolute Gasteiger partial charge is 0.418 e. The van der Waals surface area contributed by atoms with Gasteiger partial charge in [0.25, 0.3) is 0 Å². The first kappa shape index (κ1) is 48.8. The van der Waals surface area contributed by atoms with E-state index < -0.39 is 54.3 Å². The summed E-state index contributed by atoms with van der Waals surface area (Å²) < 4.78 is 78.8. The summed E-state index contributed by atoms with van der Waals surface area (Å²) >= 11 is 0. The zero-order valence-electron chi connectivity index (χ0n) is 36.1. The van der Waals surface area contributed by atoms with Gasteiger partial charge in [-0.05, 0) is 89.0 Å². The zero-order valence-corrected chi connectivity index (χ0v) is 37.0. The molecule has 3 aromatic rings. The van der Waals surface area contributed by atoms with Crippen LogP contribution in [-0.2, 0) is 53.7 Å². The van der Waals surface area contributed by atoms with Gasteiger partial charge in [0.05, 0.1) is 17.7 Å². The smallest absolute Gasteiger partial charge is 0.358 e. The summed E-state index contributed by atoms with van der Waals surface area (Å²) in [5.41, 5.74) is -1.34. The number of Topliss-reactive ketones (excluding diaryl/α,β-unsaturated/α-hetero) is 2. The first-order chi connectivity index (χ1) is 28.2. The molecule has 332 valence electrons. The van der Waals surface area contributed by atoms with Crippen LogP contribution in [0.5, 0.6) is 0 Å². The number of unbranched alkanes of at least 4 members (excludes halogenated alkanes) is 1. The Hall–Kier alpha value is -3.91. The van der Waals surface area contributed by atoms with Crippen molar-refractivity contribution in [2.24, 2.45) is 23.7 Å². The minimum atomic E-state index is -4.64. The van der Waals surface area contributed by atoms with Gasteiger partial charge in [-0.1, -0.05) is 70.9 Å². The third-order valence-corrected chi connectivity index (χ3v) is 14.7. The molecule has 5 atom stereocenters. The molecule has 2 aromatic carbocycles. The number of hydrogen-bond donors (Lipinski definition) is 3. The van der Waals surface area contributed by atoms with Crippen LogP contribution in [0.2, 0.25) is 0 Å². The molecule has 1 aliphatic carbocycles. The summed E-state index contributed by atoms with van der Waals surface area (Å²) in [6, 6.07) is 9.79. The molecule has 4 rings (SSSR count). The average Bonchev–Trinajstić information content (AvgIpc) is 3.57. The first-order valence-corrected chi connectivity index (χ1v) is 22.4. The molecule has 0 bridgehead atoms. The van der Waals surface area contributed by atoms with E-state index >= 15 is 0 Å². The first-order valence-electron chi connectivity index (χ1n) is 20.9. The van der Waals surface area contributed by atoms with Crippen molar-refractivity contribution in [1.29, 1.82) is 0 Å². The molecule has 11 nitrogen and oxygen atoms in total. The van der Waals surface area contributed by atoms with Crippen LogP contribution in [0.25, 0.3) is 10.9 Å². The molecule has 16 heteroatoms. The van der Waals surface area contributed by atoms with Crippen LogP contribution in [0.4, 0.5) is 17.6 Å². The number of benzene rings is 2. The molecule has 0 saturated carbocycles. The number of rotatable bonds is 22. The maximum absolute atomic E-state index is 14.9. The van der Waals surface area contributed by atoms with Gasteiger partial charge >= 0.3 is 13.8 Å². The summed E-state index contributed by atoms with van der Waals surface area (Å²) in [7, 11) is 3.53. The zero-order chi connectivity index (χ0) is 44.6. The van der Waals surface area contributed by atoms with E-state index in [0.717, 1.165) is 6.07 Å². The average molecular weight is 864 g/mol. The summed E-state index contributed by atoms with van der Waals surface area (Å²) in [4.78, 5) is 59.6.